The predicted octanol–water partition coefficient (Wildman–Crippen LogP) is 6.07. The van der Waals surface area contributed by atoms with Gasteiger partial charge in [0.05, 0.1) is 29.0 Å². The first-order chi connectivity index (χ1) is 21.4. The average Bonchev–Trinajstić information content (AvgIpc) is 3.34. The predicted molar refractivity (Wildman–Crippen MR) is 182 cm³/mol. The number of fused-ring (bicyclic) bond motifs is 1. The number of anilines is 1. The van der Waals surface area contributed by atoms with E-state index in [1.807, 2.05) is 116 Å². The van der Waals surface area contributed by atoms with Crippen LogP contribution in [0.2, 0.25) is 0 Å². The standard InChI is InChI=1S/C35H28IN3O4S/c1-22-31(33(40)38-27-11-7-4-8-12-27)32(24-9-5-3-6-10-24)39-34(41)30(44-35(39)37-22)20-23-13-18-29(42-2)25(19-23)21-43-28-16-14-26(36)15-17-28/h3-20,32H,21H2,1-2H3,(H,38,40)/t32-/m1/s1. The lowest BCUT2D eigenvalue weighted by atomic mass is 9.95. The van der Waals surface area contributed by atoms with Gasteiger partial charge in [-0.2, -0.15) is 0 Å². The fourth-order valence-corrected chi connectivity index (χ4v) is 6.53. The second kappa shape index (κ2) is 13.0. The number of ether oxygens (including phenoxy) is 2. The van der Waals surface area contributed by atoms with Crippen molar-refractivity contribution >= 4 is 51.6 Å². The molecule has 0 saturated heterocycles. The Labute approximate surface area is 272 Å². The number of carbonyl (C=O) groups is 1. The Balaban J connectivity index is 1.39. The number of aromatic nitrogens is 1. The van der Waals surface area contributed by atoms with Crippen molar-refractivity contribution in [2.24, 2.45) is 4.99 Å². The Hall–Kier alpha value is -4.48. The number of thiazole rings is 1. The van der Waals surface area contributed by atoms with Crippen LogP contribution >= 0.6 is 33.9 Å². The Morgan fingerprint density at radius 3 is 2.41 bits per heavy atom. The molecule has 0 spiro atoms. The largest absolute Gasteiger partial charge is 0.496 e. The van der Waals surface area contributed by atoms with Gasteiger partial charge in [-0.15, -0.1) is 0 Å². The summed E-state index contributed by atoms with van der Waals surface area (Å²) in [6.45, 7) is 2.12. The molecular weight excluding hydrogens is 685 g/mol. The van der Waals surface area contributed by atoms with E-state index in [0.29, 0.717) is 38.6 Å². The van der Waals surface area contributed by atoms with Crippen LogP contribution in [0.4, 0.5) is 5.69 Å². The maximum atomic E-state index is 14.1. The van der Waals surface area contributed by atoms with Gasteiger partial charge in [0.15, 0.2) is 4.80 Å². The minimum Gasteiger partial charge on any atom is -0.496 e. The summed E-state index contributed by atoms with van der Waals surface area (Å²) in [5.74, 6) is 1.16. The lowest BCUT2D eigenvalue weighted by molar-refractivity contribution is -0.113. The molecule has 1 aliphatic heterocycles. The summed E-state index contributed by atoms with van der Waals surface area (Å²) >= 11 is 3.56. The van der Waals surface area contributed by atoms with E-state index in [0.717, 1.165) is 26.0 Å². The van der Waals surface area contributed by atoms with E-state index >= 15 is 0 Å². The van der Waals surface area contributed by atoms with Crippen molar-refractivity contribution in [3.8, 4) is 11.5 Å². The third-order valence-corrected chi connectivity index (χ3v) is 8.93. The number of methoxy groups -OCH3 is 1. The van der Waals surface area contributed by atoms with Crippen molar-refractivity contribution in [1.82, 2.24) is 4.57 Å². The molecule has 1 atom stereocenters. The fourth-order valence-electron chi connectivity index (χ4n) is 5.13. The third-order valence-electron chi connectivity index (χ3n) is 7.22. The Kier molecular flexibility index (Phi) is 8.76. The summed E-state index contributed by atoms with van der Waals surface area (Å²) in [5.41, 5.74) is 3.96. The van der Waals surface area contributed by atoms with Gasteiger partial charge in [0.2, 0.25) is 0 Å². The van der Waals surface area contributed by atoms with Crippen LogP contribution in [0.5, 0.6) is 11.5 Å². The lowest BCUT2D eigenvalue weighted by Gasteiger charge is -2.25. The SMILES string of the molecule is COc1ccc(C=c2sc3n(c2=O)[C@H](c2ccccc2)C(C(=O)Nc2ccccc2)=C(C)N=3)cc1COc1ccc(I)cc1. The maximum Gasteiger partial charge on any atom is 0.271 e. The number of allylic oxidation sites excluding steroid dienone is 1. The van der Waals surface area contributed by atoms with E-state index in [1.165, 1.54) is 11.3 Å². The minimum absolute atomic E-state index is 0.215. The maximum absolute atomic E-state index is 14.1. The number of rotatable bonds is 8. The second-order valence-electron chi connectivity index (χ2n) is 10.1. The van der Waals surface area contributed by atoms with Gasteiger partial charge in [-0.05, 0) is 95.2 Å². The van der Waals surface area contributed by atoms with Crippen molar-refractivity contribution in [2.45, 2.75) is 19.6 Å². The molecule has 0 fully saturated rings. The second-order valence-corrected chi connectivity index (χ2v) is 12.4. The first-order valence-electron chi connectivity index (χ1n) is 13.9. The monoisotopic (exact) mass is 713 g/mol. The normalized spacial score (nSPS) is 14.5. The molecule has 1 amide bonds. The molecular formula is C35H28IN3O4S. The van der Waals surface area contributed by atoms with E-state index in [9.17, 15) is 9.59 Å². The molecule has 1 N–H and O–H groups in total. The van der Waals surface area contributed by atoms with Gasteiger partial charge in [-0.1, -0.05) is 65.9 Å². The van der Waals surface area contributed by atoms with E-state index in [4.69, 9.17) is 14.5 Å². The van der Waals surface area contributed by atoms with Gasteiger partial charge in [-0.25, -0.2) is 4.99 Å². The van der Waals surface area contributed by atoms with Crippen LogP contribution in [-0.2, 0) is 11.4 Å². The van der Waals surface area contributed by atoms with Crippen LogP contribution in [0, 0.1) is 3.57 Å². The van der Waals surface area contributed by atoms with Gasteiger partial charge in [0.1, 0.15) is 18.1 Å². The highest BCUT2D eigenvalue weighted by Gasteiger charge is 2.32. The molecule has 2 heterocycles. The smallest absolute Gasteiger partial charge is 0.271 e. The van der Waals surface area contributed by atoms with Crippen LogP contribution in [0.25, 0.3) is 6.08 Å². The van der Waals surface area contributed by atoms with Gasteiger partial charge in [0, 0.05) is 14.8 Å². The molecule has 44 heavy (non-hydrogen) atoms. The van der Waals surface area contributed by atoms with Crippen LogP contribution < -0.4 is 29.7 Å². The van der Waals surface area contributed by atoms with Crippen molar-refractivity contribution in [1.29, 1.82) is 0 Å². The van der Waals surface area contributed by atoms with E-state index in [2.05, 4.69) is 27.9 Å². The quantitative estimate of drug-likeness (QED) is 0.198. The van der Waals surface area contributed by atoms with Gasteiger partial charge >= 0.3 is 0 Å². The highest BCUT2D eigenvalue weighted by Crippen LogP contribution is 2.31. The van der Waals surface area contributed by atoms with E-state index in [-0.39, 0.29) is 11.5 Å². The van der Waals surface area contributed by atoms with Crippen LogP contribution in [0.1, 0.15) is 29.7 Å². The minimum atomic E-state index is -0.632. The number of carbonyl (C=O) groups excluding carboxylic acids is 1. The fraction of sp³-hybridized carbons (Fsp3) is 0.114. The molecule has 220 valence electrons. The number of nitrogens with zero attached hydrogens (tertiary/aromatic N) is 2. The molecule has 6 rings (SSSR count). The highest BCUT2D eigenvalue weighted by atomic mass is 127. The van der Waals surface area contributed by atoms with Crippen LogP contribution in [0.3, 0.4) is 0 Å². The van der Waals surface area contributed by atoms with Gasteiger partial charge < -0.3 is 14.8 Å². The molecule has 1 aliphatic rings. The van der Waals surface area contributed by atoms with Crippen molar-refractivity contribution in [2.75, 3.05) is 12.4 Å². The summed E-state index contributed by atoms with van der Waals surface area (Å²) in [6, 6.07) is 31.8. The first-order valence-corrected chi connectivity index (χ1v) is 15.8. The molecule has 0 unspecified atom stereocenters. The summed E-state index contributed by atoms with van der Waals surface area (Å²) in [4.78, 5) is 33.0. The van der Waals surface area contributed by atoms with Crippen LogP contribution in [0.15, 0.2) is 124 Å². The third kappa shape index (κ3) is 6.24. The Morgan fingerprint density at radius 2 is 1.70 bits per heavy atom. The van der Waals surface area contributed by atoms with Gasteiger partial charge in [0.25, 0.3) is 11.5 Å². The molecule has 0 saturated carbocycles. The van der Waals surface area contributed by atoms with Crippen molar-refractivity contribution in [3.05, 3.63) is 154 Å². The van der Waals surface area contributed by atoms with Crippen molar-refractivity contribution in [3.63, 3.8) is 0 Å². The number of benzene rings is 4. The molecule has 9 heteroatoms. The molecule has 0 bridgehead atoms. The number of hydrogen-bond acceptors (Lipinski definition) is 6. The molecule has 4 aromatic carbocycles. The number of para-hydroxylation sites is 1. The molecule has 7 nitrogen and oxygen atoms in total. The zero-order chi connectivity index (χ0) is 30.6. The summed E-state index contributed by atoms with van der Waals surface area (Å²) in [6.07, 6.45) is 1.85. The number of nitrogens with one attached hydrogen (secondary N) is 1. The zero-order valence-corrected chi connectivity index (χ0v) is 27.0. The summed E-state index contributed by atoms with van der Waals surface area (Å²) in [5, 5.41) is 2.98. The van der Waals surface area contributed by atoms with E-state index < -0.39 is 6.04 Å². The molecule has 5 aromatic rings. The molecule has 0 radical (unpaired) electrons. The molecule has 1 aromatic heterocycles. The van der Waals surface area contributed by atoms with Gasteiger partial charge in [-0.3, -0.25) is 14.2 Å². The highest BCUT2D eigenvalue weighted by molar-refractivity contribution is 14.1. The number of amides is 1. The molecule has 0 aliphatic carbocycles. The summed E-state index contributed by atoms with van der Waals surface area (Å²) < 4.78 is 14.9. The number of halogens is 1. The summed E-state index contributed by atoms with van der Waals surface area (Å²) in [7, 11) is 1.62. The average molecular weight is 714 g/mol. The van der Waals surface area contributed by atoms with Crippen molar-refractivity contribution < 1.29 is 14.3 Å². The zero-order valence-electron chi connectivity index (χ0n) is 24.0. The van der Waals surface area contributed by atoms with E-state index in [1.54, 1.807) is 11.7 Å². The topological polar surface area (TPSA) is 81.9 Å². The Bertz CT molecular complexity index is 2040. The Morgan fingerprint density at radius 1 is 1.00 bits per heavy atom. The lowest BCUT2D eigenvalue weighted by Crippen LogP contribution is -2.40. The van der Waals surface area contributed by atoms with Crippen LogP contribution in [-0.4, -0.2) is 17.6 Å². The number of hydrogen-bond donors (Lipinski definition) is 1. The first kappa shape index (κ1) is 29.6.